The number of anilines is 2. The van der Waals surface area contributed by atoms with Gasteiger partial charge >= 0.3 is 0 Å². The Labute approximate surface area is 196 Å². The molecule has 0 aliphatic rings. The Bertz CT molecular complexity index is 1080. The highest BCUT2D eigenvalue weighted by Crippen LogP contribution is 2.26. The van der Waals surface area contributed by atoms with E-state index in [0.717, 1.165) is 16.3 Å². The lowest BCUT2D eigenvalue weighted by molar-refractivity contribution is 0.0945. The van der Waals surface area contributed by atoms with Crippen LogP contribution in [0.3, 0.4) is 0 Å². The van der Waals surface area contributed by atoms with Crippen LogP contribution in [0.4, 0.5) is 11.5 Å². The van der Waals surface area contributed by atoms with E-state index in [1.165, 1.54) is 17.7 Å². The number of nitrogens with zero attached hydrogens (tertiary/aromatic N) is 3. The molecule has 3 aromatic rings. The molecule has 0 saturated carbocycles. The van der Waals surface area contributed by atoms with E-state index in [9.17, 15) is 4.79 Å². The molecule has 0 fully saturated rings. The van der Waals surface area contributed by atoms with Gasteiger partial charge in [-0.25, -0.2) is 15.0 Å². The number of carbonyl (C=O) groups is 1. The molecule has 1 atom stereocenters. The van der Waals surface area contributed by atoms with Crippen molar-refractivity contribution in [3.63, 3.8) is 0 Å². The van der Waals surface area contributed by atoms with Crippen molar-refractivity contribution in [2.75, 3.05) is 17.8 Å². The molecule has 2 aromatic heterocycles. The normalized spacial score (nSPS) is 12.5. The zero-order chi connectivity index (χ0) is 23.3. The third kappa shape index (κ3) is 6.23. The number of nitrogen functional groups attached to an aromatic ring is 1. The standard InChI is InChI=1S/C22H27ClN6O2S/c1-13(28-12-31-10-16-18(23)19(24)27-11-26-16)21-25-9-17(32-21)20(30)29-15-7-5-6-14(8-15)22(2,3)4/h5-9,11,13,28H,10,12H2,1-4H3,(H,29,30)(H2,24,26,27). The van der Waals surface area contributed by atoms with Crippen LogP contribution >= 0.6 is 22.9 Å². The summed E-state index contributed by atoms with van der Waals surface area (Å²) in [6.07, 6.45) is 2.93. The fourth-order valence-corrected chi connectivity index (χ4v) is 3.78. The molecule has 0 aliphatic heterocycles. The number of nitrogens with one attached hydrogen (secondary N) is 2. The Morgan fingerprint density at radius 1 is 1.28 bits per heavy atom. The SMILES string of the molecule is CC(NCOCc1ncnc(N)c1Cl)c1ncc(C(=O)Nc2cccc(C(C)(C)C)c2)s1. The van der Waals surface area contributed by atoms with Gasteiger partial charge in [0.25, 0.3) is 5.91 Å². The number of halogens is 1. The van der Waals surface area contributed by atoms with Crippen LogP contribution in [0.25, 0.3) is 0 Å². The minimum Gasteiger partial charge on any atom is -0.382 e. The largest absolute Gasteiger partial charge is 0.382 e. The molecule has 4 N–H and O–H groups in total. The summed E-state index contributed by atoms with van der Waals surface area (Å²) >= 11 is 7.39. The molecule has 1 amide bonds. The summed E-state index contributed by atoms with van der Waals surface area (Å²) in [5, 5.41) is 7.24. The second-order valence-corrected chi connectivity index (χ2v) is 9.73. The highest BCUT2D eigenvalue weighted by Gasteiger charge is 2.17. The Hall–Kier alpha value is -2.59. The Morgan fingerprint density at radius 2 is 2.06 bits per heavy atom. The molecule has 10 heteroatoms. The van der Waals surface area contributed by atoms with Crippen LogP contribution in [-0.4, -0.2) is 27.6 Å². The lowest BCUT2D eigenvalue weighted by Gasteiger charge is -2.19. The van der Waals surface area contributed by atoms with Crippen molar-refractivity contribution in [3.8, 4) is 0 Å². The molecule has 170 valence electrons. The van der Waals surface area contributed by atoms with Crippen LogP contribution in [0.5, 0.6) is 0 Å². The first kappa shape index (κ1) is 24.1. The number of nitrogens with two attached hydrogens (primary N) is 1. The second-order valence-electron chi connectivity index (χ2n) is 8.29. The van der Waals surface area contributed by atoms with Crippen molar-refractivity contribution in [3.05, 3.63) is 63.0 Å². The van der Waals surface area contributed by atoms with E-state index in [0.29, 0.717) is 15.6 Å². The summed E-state index contributed by atoms with van der Waals surface area (Å²) in [6.45, 7) is 8.82. The second kappa shape index (κ2) is 10.4. The van der Waals surface area contributed by atoms with Crippen molar-refractivity contribution in [1.82, 2.24) is 20.3 Å². The zero-order valence-corrected chi connectivity index (χ0v) is 20.0. The minimum absolute atomic E-state index is 0.00691. The topological polar surface area (TPSA) is 115 Å². The molecule has 0 radical (unpaired) electrons. The number of hydrogen-bond acceptors (Lipinski definition) is 8. The van der Waals surface area contributed by atoms with Crippen LogP contribution in [0.2, 0.25) is 5.02 Å². The molecule has 3 rings (SSSR count). The van der Waals surface area contributed by atoms with Gasteiger partial charge in [0.15, 0.2) is 0 Å². The third-order valence-electron chi connectivity index (χ3n) is 4.72. The van der Waals surface area contributed by atoms with Gasteiger partial charge in [0.2, 0.25) is 0 Å². The van der Waals surface area contributed by atoms with Gasteiger partial charge in [-0.2, -0.15) is 0 Å². The van der Waals surface area contributed by atoms with Crippen LogP contribution in [-0.2, 0) is 16.8 Å². The van der Waals surface area contributed by atoms with Crippen molar-refractivity contribution in [2.45, 2.75) is 45.8 Å². The van der Waals surface area contributed by atoms with Gasteiger partial charge in [0.05, 0.1) is 31.3 Å². The summed E-state index contributed by atoms with van der Waals surface area (Å²) in [5.41, 5.74) is 8.11. The van der Waals surface area contributed by atoms with Gasteiger partial charge < -0.3 is 15.8 Å². The van der Waals surface area contributed by atoms with Crippen molar-refractivity contribution in [1.29, 1.82) is 0 Å². The summed E-state index contributed by atoms with van der Waals surface area (Å²) in [5.74, 6) is 0.0413. The molecule has 32 heavy (non-hydrogen) atoms. The van der Waals surface area contributed by atoms with E-state index in [1.807, 2.05) is 25.1 Å². The van der Waals surface area contributed by atoms with Crippen molar-refractivity contribution >= 4 is 40.4 Å². The van der Waals surface area contributed by atoms with Crippen LogP contribution in [0.1, 0.15) is 59.7 Å². The van der Waals surface area contributed by atoms with Crippen molar-refractivity contribution in [2.24, 2.45) is 0 Å². The average molecular weight is 475 g/mol. The van der Waals surface area contributed by atoms with E-state index < -0.39 is 0 Å². The monoisotopic (exact) mass is 474 g/mol. The van der Waals surface area contributed by atoms with Gasteiger partial charge in [-0.1, -0.05) is 44.5 Å². The van der Waals surface area contributed by atoms with E-state index in [1.54, 1.807) is 6.20 Å². The summed E-state index contributed by atoms with van der Waals surface area (Å²) in [6, 6.07) is 7.79. The average Bonchev–Trinajstić information content (AvgIpc) is 3.24. The quantitative estimate of drug-likeness (QED) is 0.324. The number of ether oxygens (including phenoxy) is 1. The molecule has 0 saturated heterocycles. The number of hydrogen-bond donors (Lipinski definition) is 3. The molecule has 0 spiro atoms. The molecule has 2 heterocycles. The Balaban J connectivity index is 1.52. The number of carbonyl (C=O) groups excluding carboxylic acids is 1. The van der Waals surface area contributed by atoms with Gasteiger partial charge in [0.1, 0.15) is 27.1 Å². The first-order valence-electron chi connectivity index (χ1n) is 10.1. The van der Waals surface area contributed by atoms with Gasteiger partial charge in [-0.15, -0.1) is 11.3 Å². The summed E-state index contributed by atoms with van der Waals surface area (Å²) < 4.78 is 5.58. The van der Waals surface area contributed by atoms with Crippen LogP contribution < -0.4 is 16.4 Å². The molecule has 1 unspecified atom stereocenters. The lowest BCUT2D eigenvalue weighted by atomic mass is 9.87. The zero-order valence-electron chi connectivity index (χ0n) is 18.5. The predicted molar refractivity (Wildman–Crippen MR) is 128 cm³/mol. The van der Waals surface area contributed by atoms with Gasteiger partial charge in [-0.05, 0) is 30.0 Å². The highest BCUT2D eigenvalue weighted by atomic mass is 35.5. The number of benzene rings is 1. The summed E-state index contributed by atoms with van der Waals surface area (Å²) in [7, 11) is 0. The molecular weight excluding hydrogens is 448 g/mol. The van der Waals surface area contributed by atoms with E-state index in [4.69, 9.17) is 22.1 Å². The predicted octanol–water partition coefficient (Wildman–Crippen LogP) is 4.54. The van der Waals surface area contributed by atoms with Gasteiger partial charge in [-0.3, -0.25) is 10.1 Å². The lowest BCUT2D eigenvalue weighted by Crippen LogP contribution is -2.22. The summed E-state index contributed by atoms with van der Waals surface area (Å²) in [4.78, 5) is 25.5. The molecule has 0 aliphatic carbocycles. The Morgan fingerprint density at radius 3 is 2.81 bits per heavy atom. The van der Waals surface area contributed by atoms with Gasteiger partial charge in [0, 0.05) is 5.69 Å². The fourth-order valence-electron chi connectivity index (χ4n) is 2.79. The maximum atomic E-state index is 12.7. The molecule has 1 aromatic carbocycles. The Kier molecular flexibility index (Phi) is 7.78. The molecule has 8 nitrogen and oxygen atoms in total. The van der Waals surface area contributed by atoms with E-state index >= 15 is 0 Å². The smallest absolute Gasteiger partial charge is 0.267 e. The van der Waals surface area contributed by atoms with Crippen molar-refractivity contribution < 1.29 is 9.53 Å². The third-order valence-corrected chi connectivity index (χ3v) is 6.31. The fraction of sp³-hybridized carbons (Fsp3) is 0.364. The number of thiazole rings is 1. The maximum absolute atomic E-state index is 12.7. The first-order chi connectivity index (χ1) is 15.1. The molecular formula is C22H27ClN6O2S. The number of aromatic nitrogens is 3. The highest BCUT2D eigenvalue weighted by molar-refractivity contribution is 7.13. The van der Waals surface area contributed by atoms with Crippen LogP contribution in [0.15, 0.2) is 36.8 Å². The number of rotatable bonds is 8. The van der Waals surface area contributed by atoms with Crippen LogP contribution in [0, 0.1) is 0 Å². The maximum Gasteiger partial charge on any atom is 0.267 e. The van der Waals surface area contributed by atoms with E-state index in [-0.39, 0.29) is 36.5 Å². The number of amides is 1. The first-order valence-corrected chi connectivity index (χ1v) is 11.3. The molecule has 0 bridgehead atoms. The minimum atomic E-state index is -0.181. The van der Waals surface area contributed by atoms with E-state index in [2.05, 4.69) is 52.4 Å².